The van der Waals surface area contributed by atoms with Crippen LogP contribution < -0.4 is 10.1 Å². The lowest BCUT2D eigenvalue weighted by molar-refractivity contribution is -0.132. The fourth-order valence-corrected chi connectivity index (χ4v) is 2.59. The number of rotatable bonds is 4. The number of carboxylic acids is 1. The second-order valence-corrected chi connectivity index (χ2v) is 5.37. The summed E-state index contributed by atoms with van der Waals surface area (Å²) in [6, 6.07) is 7.10. The molecule has 0 spiro atoms. The Morgan fingerprint density at radius 2 is 2.32 bits per heavy atom. The number of methoxy groups -OCH3 is 1. The molecule has 8 heteroatoms. The average Bonchev–Trinajstić information content (AvgIpc) is 2.97. The maximum atomic E-state index is 11.3. The third-order valence-corrected chi connectivity index (χ3v) is 3.83. The summed E-state index contributed by atoms with van der Waals surface area (Å²) < 4.78 is 6.91. The van der Waals surface area contributed by atoms with Crippen molar-refractivity contribution < 1.29 is 14.6 Å². The Bertz CT molecular complexity index is 756. The van der Waals surface area contributed by atoms with Crippen molar-refractivity contribution in [3.8, 4) is 5.75 Å². The van der Waals surface area contributed by atoms with E-state index in [-0.39, 0.29) is 11.7 Å². The number of thioether (sulfide) groups is 1. The van der Waals surface area contributed by atoms with Gasteiger partial charge in [-0.3, -0.25) is 0 Å². The zero-order valence-electron chi connectivity index (χ0n) is 12.0. The molecule has 1 aliphatic rings. The van der Waals surface area contributed by atoms with E-state index in [4.69, 9.17) is 4.74 Å². The Morgan fingerprint density at radius 1 is 1.50 bits per heavy atom. The molecule has 0 bridgehead atoms. The van der Waals surface area contributed by atoms with Gasteiger partial charge in [-0.15, -0.1) is 5.10 Å². The number of carboxylic acid groups (broad SMARTS) is 1. The highest BCUT2D eigenvalue weighted by Gasteiger charge is 2.27. The minimum atomic E-state index is -1.03. The first kappa shape index (κ1) is 14.5. The Morgan fingerprint density at radius 3 is 3.00 bits per heavy atom. The molecule has 0 unspecified atom stereocenters. The van der Waals surface area contributed by atoms with E-state index in [2.05, 4.69) is 15.4 Å². The number of carbonyl (C=O) groups is 1. The van der Waals surface area contributed by atoms with Crippen molar-refractivity contribution in [2.75, 3.05) is 18.7 Å². The topological polar surface area (TPSA) is 89.3 Å². The molecule has 0 amide bonds. The molecule has 0 fully saturated rings. The van der Waals surface area contributed by atoms with Gasteiger partial charge in [-0.25, -0.2) is 9.48 Å². The number of allylic oxidation sites excluding steroid dienone is 1. The minimum Gasteiger partial charge on any atom is -0.497 e. The molecular formula is C14H14N4O3S. The van der Waals surface area contributed by atoms with Gasteiger partial charge in [0, 0.05) is 0 Å². The quantitative estimate of drug-likeness (QED) is 0.833. The van der Waals surface area contributed by atoms with Crippen molar-refractivity contribution >= 4 is 23.7 Å². The van der Waals surface area contributed by atoms with E-state index in [1.165, 1.54) is 11.8 Å². The van der Waals surface area contributed by atoms with E-state index < -0.39 is 5.97 Å². The van der Waals surface area contributed by atoms with Crippen molar-refractivity contribution in [3.05, 3.63) is 41.6 Å². The summed E-state index contributed by atoms with van der Waals surface area (Å²) in [5.74, 6) is 0.0815. The highest BCUT2D eigenvalue weighted by atomic mass is 32.2. The second kappa shape index (κ2) is 5.72. The monoisotopic (exact) mass is 318 g/mol. The normalized spacial score (nSPS) is 16.5. The van der Waals surface area contributed by atoms with Crippen molar-refractivity contribution in [1.29, 1.82) is 0 Å². The first-order valence-corrected chi connectivity index (χ1v) is 7.71. The van der Waals surface area contributed by atoms with Gasteiger partial charge in [-0.05, 0) is 30.0 Å². The number of benzene rings is 1. The van der Waals surface area contributed by atoms with E-state index in [0.717, 1.165) is 5.56 Å². The number of anilines is 1. The number of hydrogen-bond acceptors (Lipinski definition) is 6. The standard InChI is InChI=1S/C14H14N4O3S/c1-21-9-5-3-4-8(6-9)11-7-10(12(19)20)15-13-16-14(22-2)17-18(11)13/h3-7,11H,1-2H3,(H,19,20)(H,15,16,17)/t11-/m1/s1. The van der Waals surface area contributed by atoms with Gasteiger partial charge >= 0.3 is 5.97 Å². The number of nitrogens with one attached hydrogen (secondary N) is 1. The average molecular weight is 318 g/mol. The third kappa shape index (κ3) is 2.52. The number of nitrogens with zero attached hydrogens (tertiary/aromatic N) is 3. The zero-order valence-corrected chi connectivity index (χ0v) is 12.8. The first-order chi connectivity index (χ1) is 10.6. The summed E-state index contributed by atoms with van der Waals surface area (Å²) in [6.07, 6.45) is 3.48. The summed E-state index contributed by atoms with van der Waals surface area (Å²) in [7, 11) is 1.59. The maximum Gasteiger partial charge on any atom is 0.352 e. The lowest BCUT2D eigenvalue weighted by Gasteiger charge is -2.22. The van der Waals surface area contributed by atoms with Crippen LogP contribution in [0.15, 0.2) is 41.2 Å². The van der Waals surface area contributed by atoms with Crippen LogP contribution in [0, 0.1) is 0 Å². The van der Waals surface area contributed by atoms with Crippen molar-refractivity contribution in [1.82, 2.24) is 14.8 Å². The zero-order chi connectivity index (χ0) is 15.7. The molecule has 7 nitrogen and oxygen atoms in total. The summed E-state index contributed by atoms with van der Waals surface area (Å²) in [5.41, 5.74) is 0.957. The van der Waals surface area contributed by atoms with Gasteiger partial charge in [0.1, 0.15) is 17.5 Å². The molecule has 2 aromatic rings. The van der Waals surface area contributed by atoms with Crippen molar-refractivity contribution in [2.24, 2.45) is 0 Å². The van der Waals surface area contributed by atoms with E-state index in [0.29, 0.717) is 16.9 Å². The largest absolute Gasteiger partial charge is 0.497 e. The van der Waals surface area contributed by atoms with Crippen LogP contribution in [0.5, 0.6) is 5.75 Å². The van der Waals surface area contributed by atoms with E-state index >= 15 is 0 Å². The predicted octanol–water partition coefficient (Wildman–Crippen LogP) is 1.99. The molecule has 0 radical (unpaired) electrons. The van der Waals surface area contributed by atoms with Gasteiger partial charge in [-0.2, -0.15) is 4.98 Å². The summed E-state index contributed by atoms with van der Waals surface area (Å²) in [5, 5.41) is 17.0. The SMILES string of the molecule is COc1cccc([C@H]2C=C(C(=O)O)Nc3nc(SC)nn32)c1. The minimum absolute atomic E-state index is 0.0837. The van der Waals surface area contributed by atoms with Crippen LogP contribution in [-0.4, -0.2) is 39.2 Å². The maximum absolute atomic E-state index is 11.3. The van der Waals surface area contributed by atoms with Gasteiger partial charge in [0.15, 0.2) is 0 Å². The van der Waals surface area contributed by atoms with E-state index in [1.807, 2.05) is 30.5 Å². The molecule has 1 atom stereocenters. The fourth-order valence-electron chi connectivity index (χ4n) is 2.25. The smallest absolute Gasteiger partial charge is 0.352 e. The van der Waals surface area contributed by atoms with E-state index in [1.54, 1.807) is 17.9 Å². The molecule has 2 heterocycles. The van der Waals surface area contributed by atoms with Crippen LogP contribution in [-0.2, 0) is 4.79 Å². The van der Waals surface area contributed by atoms with Crippen LogP contribution in [0.2, 0.25) is 0 Å². The van der Waals surface area contributed by atoms with Crippen LogP contribution in [0.3, 0.4) is 0 Å². The Hall–Kier alpha value is -2.48. The number of ether oxygens (including phenoxy) is 1. The Kier molecular flexibility index (Phi) is 3.76. The van der Waals surface area contributed by atoms with Crippen LogP contribution in [0.25, 0.3) is 0 Å². The Labute approximate surface area is 131 Å². The number of aromatic nitrogens is 3. The number of hydrogen-bond donors (Lipinski definition) is 2. The second-order valence-electron chi connectivity index (χ2n) is 4.60. The molecule has 1 aromatic carbocycles. The van der Waals surface area contributed by atoms with Gasteiger partial charge in [-0.1, -0.05) is 23.9 Å². The molecule has 0 saturated carbocycles. The predicted molar refractivity (Wildman–Crippen MR) is 82.3 cm³/mol. The summed E-state index contributed by atoms with van der Waals surface area (Å²) >= 11 is 1.40. The van der Waals surface area contributed by atoms with Crippen LogP contribution in [0.1, 0.15) is 11.6 Å². The third-order valence-electron chi connectivity index (χ3n) is 3.29. The van der Waals surface area contributed by atoms with Crippen molar-refractivity contribution in [3.63, 3.8) is 0 Å². The highest BCUT2D eigenvalue weighted by Crippen LogP contribution is 2.31. The molecule has 1 aliphatic heterocycles. The number of aliphatic carboxylic acids is 1. The fraction of sp³-hybridized carbons (Fsp3) is 0.214. The molecule has 3 rings (SSSR count). The molecule has 0 saturated heterocycles. The molecular weight excluding hydrogens is 304 g/mol. The first-order valence-electron chi connectivity index (χ1n) is 6.49. The van der Waals surface area contributed by atoms with Gasteiger partial charge in [0.2, 0.25) is 11.1 Å². The van der Waals surface area contributed by atoms with E-state index in [9.17, 15) is 9.90 Å². The summed E-state index contributed by atoms with van der Waals surface area (Å²) in [4.78, 5) is 15.6. The highest BCUT2D eigenvalue weighted by molar-refractivity contribution is 7.98. The van der Waals surface area contributed by atoms with Crippen molar-refractivity contribution in [2.45, 2.75) is 11.2 Å². The van der Waals surface area contributed by atoms with Crippen LogP contribution in [0.4, 0.5) is 5.95 Å². The molecule has 0 aliphatic carbocycles. The lowest BCUT2D eigenvalue weighted by atomic mass is 10.0. The van der Waals surface area contributed by atoms with Gasteiger partial charge in [0.25, 0.3) is 0 Å². The Balaban J connectivity index is 2.11. The molecule has 2 N–H and O–H groups in total. The van der Waals surface area contributed by atoms with Gasteiger partial charge in [0.05, 0.1) is 7.11 Å². The molecule has 22 heavy (non-hydrogen) atoms. The van der Waals surface area contributed by atoms with Crippen LogP contribution >= 0.6 is 11.8 Å². The number of fused-ring (bicyclic) bond motifs is 1. The molecule has 114 valence electrons. The van der Waals surface area contributed by atoms with Gasteiger partial charge < -0.3 is 15.2 Å². The molecule has 1 aromatic heterocycles. The summed E-state index contributed by atoms with van der Waals surface area (Å²) in [6.45, 7) is 0. The lowest BCUT2D eigenvalue weighted by Crippen LogP contribution is -2.24.